The lowest BCUT2D eigenvalue weighted by atomic mass is 9.84. The molecule has 0 aromatic rings. The zero-order valence-electron chi connectivity index (χ0n) is 12.4. The van der Waals surface area contributed by atoms with Crippen molar-refractivity contribution in [3.63, 3.8) is 0 Å². The molecular formula is C15H27N3O2. The SMILES string of the molecule is CC(NC(=O)C1CCCCC1N)C(=O)N1CCCCC1. The summed E-state index contributed by atoms with van der Waals surface area (Å²) in [4.78, 5) is 26.4. The summed E-state index contributed by atoms with van der Waals surface area (Å²) in [6.07, 6.45) is 7.25. The third-order valence-electron chi connectivity index (χ3n) is 4.55. The van der Waals surface area contributed by atoms with E-state index in [1.807, 2.05) is 4.90 Å². The van der Waals surface area contributed by atoms with Gasteiger partial charge in [0.15, 0.2) is 0 Å². The Morgan fingerprint density at radius 3 is 2.40 bits per heavy atom. The first-order valence-electron chi connectivity index (χ1n) is 7.94. The zero-order valence-corrected chi connectivity index (χ0v) is 12.4. The van der Waals surface area contributed by atoms with Crippen LogP contribution in [0.4, 0.5) is 0 Å². The van der Waals surface area contributed by atoms with Crippen molar-refractivity contribution in [1.29, 1.82) is 0 Å². The molecule has 5 heteroatoms. The van der Waals surface area contributed by atoms with Gasteiger partial charge in [-0.05, 0) is 39.0 Å². The van der Waals surface area contributed by atoms with E-state index < -0.39 is 6.04 Å². The quantitative estimate of drug-likeness (QED) is 0.811. The number of carbonyl (C=O) groups is 2. The fourth-order valence-corrected chi connectivity index (χ4v) is 3.26. The first-order chi connectivity index (χ1) is 9.59. The normalized spacial score (nSPS) is 28.8. The van der Waals surface area contributed by atoms with E-state index in [9.17, 15) is 9.59 Å². The fourth-order valence-electron chi connectivity index (χ4n) is 3.26. The average molecular weight is 281 g/mol. The highest BCUT2D eigenvalue weighted by atomic mass is 16.2. The average Bonchev–Trinajstić information content (AvgIpc) is 2.47. The summed E-state index contributed by atoms with van der Waals surface area (Å²) in [5, 5.41) is 2.87. The Hall–Kier alpha value is -1.10. The van der Waals surface area contributed by atoms with Crippen LogP contribution >= 0.6 is 0 Å². The van der Waals surface area contributed by atoms with Crippen LogP contribution in [0.1, 0.15) is 51.9 Å². The topological polar surface area (TPSA) is 75.4 Å². The fraction of sp³-hybridized carbons (Fsp3) is 0.867. The van der Waals surface area contributed by atoms with Gasteiger partial charge in [-0.3, -0.25) is 9.59 Å². The Morgan fingerprint density at radius 1 is 1.10 bits per heavy atom. The third-order valence-corrected chi connectivity index (χ3v) is 4.55. The van der Waals surface area contributed by atoms with Crippen LogP contribution in [0.2, 0.25) is 0 Å². The number of nitrogens with one attached hydrogen (secondary N) is 1. The van der Waals surface area contributed by atoms with E-state index in [-0.39, 0.29) is 23.8 Å². The van der Waals surface area contributed by atoms with E-state index in [1.165, 1.54) is 6.42 Å². The van der Waals surface area contributed by atoms with Crippen LogP contribution in [0, 0.1) is 5.92 Å². The molecule has 114 valence electrons. The predicted molar refractivity (Wildman–Crippen MR) is 78.0 cm³/mol. The second-order valence-corrected chi connectivity index (χ2v) is 6.17. The van der Waals surface area contributed by atoms with Crippen molar-refractivity contribution in [3.8, 4) is 0 Å². The van der Waals surface area contributed by atoms with Crippen molar-refractivity contribution in [1.82, 2.24) is 10.2 Å². The molecule has 3 atom stereocenters. The first-order valence-corrected chi connectivity index (χ1v) is 7.94. The highest BCUT2D eigenvalue weighted by molar-refractivity contribution is 5.88. The molecule has 1 aliphatic carbocycles. The molecule has 1 heterocycles. The molecule has 2 aliphatic rings. The third kappa shape index (κ3) is 3.72. The van der Waals surface area contributed by atoms with Gasteiger partial charge in [0.1, 0.15) is 6.04 Å². The lowest BCUT2D eigenvalue weighted by Gasteiger charge is -2.31. The second-order valence-electron chi connectivity index (χ2n) is 6.17. The van der Waals surface area contributed by atoms with Crippen molar-refractivity contribution in [3.05, 3.63) is 0 Å². The Labute approximate surface area is 121 Å². The van der Waals surface area contributed by atoms with Gasteiger partial charge in [-0.25, -0.2) is 0 Å². The molecule has 3 unspecified atom stereocenters. The minimum Gasteiger partial charge on any atom is -0.344 e. The Morgan fingerprint density at radius 2 is 1.75 bits per heavy atom. The van der Waals surface area contributed by atoms with Crippen molar-refractivity contribution in [2.75, 3.05) is 13.1 Å². The Balaban J connectivity index is 1.84. The van der Waals surface area contributed by atoms with Gasteiger partial charge in [-0.2, -0.15) is 0 Å². The number of rotatable bonds is 3. The van der Waals surface area contributed by atoms with E-state index in [4.69, 9.17) is 5.73 Å². The summed E-state index contributed by atoms with van der Waals surface area (Å²) in [7, 11) is 0. The van der Waals surface area contributed by atoms with Crippen molar-refractivity contribution in [2.24, 2.45) is 11.7 Å². The van der Waals surface area contributed by atoms with Gasteiger partial charge in [0.2, 0.25) is 11.8 Å². The number of nitrogens with zero attached hydrogens (tertiary/aromatic N) is 1. The summed E-state index contributed by atoms with van der Waals surface area (Å²) in [5.41, 5.74) is 6.02. The van der Waals surface area contributed by atoms with E-state index in [0.29, 0.717) is 0 Å². The highest BCUT2D eigenvalue weighted by Crippen LogP contribution is 2.23. The number of nitrogens with two attached hydrogens (primary N) is 1. The molecule has 1 aliphatic heterocycles. The second kappa shape index (κ2) is 7.07. The predicted octanol–water partition coefficient (Wildman–Crippen LogP) is 1.02. The van der Waals surface area contributed by atoms with E-state index in [0.717, 1.165) is 51.6 Å². The maximum absolute atomic E-state index is 12.3. The summed E-state index contributed by atoms with van der Waals surface area (Å²) in [5.74, 6) is -0.127. The molecule has 1 saturated carbocycles. The van der Waals surface area contributed by atoms with Crippen LogP contribution in [0.15, 0.2) is 0 Å². The van der Waals surface area contributed by atoms with Gasteiger partial charge < -0.3 is 16.0 Å². The van der Waals surface area contributed by atoms with Crippen LogP contribution in [0.5, 0.6) is 0 Å². The molecule has 0 aromatic heterocycles. The maximum atomic E-state index is 12.3. The zero-order chi connectivity index (χ0) is 14.5. The lowest BCUT2D eigenvalue weighted by Crippen LogP contribution is -2.52. The minimum atomic E-state index is -0.435. The molecule has 20 heavy (non-hydrogen) atoms. The van der Waals surface area contributed by atoms with Gasteiger partial charge in [0, 0.05) is 19.1 Å². The molecule has 1 saturated heterocycles. The molecule has 0 aromatic carbocycles. The summed E-state index contributed by atoms with van der Waals surface area (Å²) < 4.78 is 0. The number of piperidine rings is 1. The van der Waals surface area contributed by atoms with Gasteiger partial charge in [-0.15, -0.1) is 0 Å². The van der Waals surface area contributed by atoms with Gasteiger partial charge >= 0.3 is 0 Å². The number of amides is 2. The van der Waals surface area contributed by atoms with Crippen molar-refractivity contribution >= 4 is 11.8 Å². The van der Waals surface area contributed by atoms with Gasteiger partial charge in [0.05, 0.1) is 5.92 Å². The van der Waals surface area contributed by atoms with Crippen LogP contribution < -0.4 is 11.1 Å². The highest BCUT2D eigenvalue weighted by Gasteiger charge is 2.31. The minimum absolute atomic E-state index is 0.0439. The molecule has 0 spiro atoms. The van der Waals surface area contributed by atoms with Gasteiger partial charge in [-0.1, -0.05) is 12.8 Å². The van der Waals surface area contributed by atoms with Crippen LogP contribution in [-0.4, -0.2) is 41.9 Å². The molecule has 3 N–H and O–H groups in total. The van der Waals surface area contributed by atoms with Crippen LogP contribution in [-0.2, 0) is 9.59 Å². The maximum Gasteiger partial charge on any atom is 0.244 e. The Bertz CT molecular complexity index is 353. The summed E-state index contributed by atoms with van der Waals surface area (Å²) in [6, 6.07) is -0.490. The number of hydrogen-bond acceptors (Lipinski definition) is 3. The monoisotopic (exact) mass is 281 g/mol. The number of carbonyl (C=O) groups excluding carboxylic acids is 2. The number of hydrogen-bond donors (Lipinski definition) is 2. The summed E-state index contributed by atoms with van der Waals surface area (Å²) in [6.45, 7) is 3.42. The largest absolute Gasteiger partial charge is 0.344 e. The van der Waals surface area contributed by atoms with E-state index in [1.54, 1.807) is 6.92 Å². The Kier molecular flexibility index (Phi) is 5.40. The molecule has 5 nitrogen and oxygen atoms in total. The van der Waals surface area contributed by atoms with Gasteiger partial charge in [0.25, 0.3) is 0 Å². The molecular weight excluding hydrogens is 254 g/mol. The summed E-state index contributed by atoms with van der Waals surface area (Å²) >= 11 is 0. The smallest absolute Gasteiger partial charge is 0.244 e. The lowest BCUT2D eigenvalue weighted by molar-refractivity contribution is -0.138. The van der Waals surface area contributed by atoms with E-state index >= 15 is 0 Å². The standard InChI is InChI=1S/C15H27N3O2/c1-11(15(20)18-9-5-2-6-10-18)17-14(19)12-7-3-4-8-13(12)16/h11-13H,2-10,16H2,1H3,(H,17,19). The molecule has 0 radical (unpaired) electrons. The first kappa shape index (κ1) is 15.3. The van der Waals surface area contributed by atoms with Crippen LogP contribution in [0.25, 0.3) is 0 Å². The number of likely N-dealkylation sites (tertiary alicyclic amines) is 1. The molecule has 0 bridgehead atoms. The molecule has 2 rings (SSSR count). The van der Waals surface area contributed by atoms with Crippen molar-refractivity contribution in [2.45, 2.75) is 64.0 Å². The molecule has 2 amide bonds. The molecule has 2 fully saturated rings. The van der Waals surface area contributed by atoms with Crippen molar-refractivity contribution < 1.29 is 9.59 Å². The van der Waals surface area contributed by atoms with E-state index in [2.05, 4.69) is 5.32 Å². The van der Waals surface area contributed by atoms with Crippen LogP contribution in [0.3, 0.4) is 0 Å².